The van der Waals surface area contributed by atoms with Gasteiger partial charge >= 0.3 is 0 Å². The van der Waals surface area contributed by atoms with E-state index in [1.165, 1.54) is 5.56 Å². The Morgan fingerprint density at radius 1 is 1.00 bits per heavy atom. The van der Waals surface area contributed by atoms with Crippen LogP contribution in [0.4, 0.5) is 0 Å². The van der Waals surface area contributed by atoms with Gasteiger partial charge in [-0.15, -0.1) is 0 Å². The van der Waals surface area contributed by atoms with Crippen LogP contribution in [0.15, 0.2) is 54.6 Å². The molecular weight excluding hydrogens is 264 g/mol. The summed E-state index contributed by atoms with van der Waals surface area (Å²) in [5, 5.41) is 9.24. The van der Waals surface area contributed by atoms with Crippen molar-refractivity contribution in [3.05, 3.63) is 71.3 Å². The monoisotopic (exact) mass is 284 g/mol. The number of carbonyl (C=O) groups excluding carboxylic acids is 1. The molecule has 3 N–H and O–H groups in total. The molecular formula is C17H20N2O2. The van der Waals surface area contributed by atoms with Crippen molar-refractivity contribution in [1.29, 1.82) is 0 Å². The lowest BCUT2D eigenvalue weighted by molar-refractivity contribution is 0.0998. The van der Waals surface area contributed by atoms with Crippen molar-refractivity contribution in [3.63, 3.8) is 0 Å². The number of hydrogen-bond acceptors (Lipinski definition) is 3. The zero-order chi connectivity index (χ0) is 15.1. The largest absolute Gasteiger partial charge is 0.395 e. The number of rotatable bonds is 7. The summed E-state index contributed by atoms with van der Waals surface area (Å²) in [5.41, 5.74) is 8.00. The van der Waals surface area contributed by atoms with E-state index in [1.807, 2.05) is 42.5 Å². The maximum Gasteiger partial charge on any atom is 0.249 e. The summed E-state index contributed by atoms with van der Waals surface area (Å²) in [5.74, 6) is -0.422. The summed E-state index contributed by atoms with van der Waals surface area (Å²) in [6.45, 7) is 1.91. The summed E-state index contributed by atoms with van der Waals surface area (Å²) >= 11 is 0. The van der Waals surface area contributed by atoms with Gasteiger partial charge < -0.3 is 10.8 Å². The zero-order valence-electron chi connectivity index (χ0n) is 11.9. The number of nitrogens with zero attached hydrogens (tertiary/aromatic N) is 1. The van der Waals surface area contributed by atoms with Crippen molar-refractivity contribution < 1.29 is 9.90 Å². The number of carbonyl (C=O) groups is 1. The van der Waals surface area contributed by atoms with Crippen LogP contribution in [0.2, 0.25) is 0 Å². The van der Waals surface area contributed by atoms with Gasteiger partial charge in [0.1, 0.15) is 0 Å². The molecule has 0 atom stereocenters. The van der Waals surface area contributed by atoms with Gasteiger partial charge in [-0.25, -0.2) is 0 Å². The number of primary amides is 1. The van der Waals surface area contributed by atoms with E-state index in [4.69, 9.17) is 5.73 Å². The van der Waals surface area contributed by atoms with Gasteiger partial charge in [0.05, 0.1) is 6.61 Å². The highest BCUT2D eigenvalue weighted by Gasteiger charge is 2.12. The zero-order valence-corrected chi connectivity index (χ0v) is 11.9. The summed E-state index contributed by atoms with van der Waals surface area (Å²) in [6.07, 6.45) is 0. The first-order valence-corrected chi connectivity index (χ1v) is 6.95. The third kappa shape index (κ3) is 4.41. The fourth-order valence-electron chi connectivity index (χ4n) is 2.34. The topological polar surface area (TPSA) is 66.6 Å². The van der Waals surface area contributed by atoms with Gasteiger partial charge in [0.25, 0.3) is 0 Å². The molecule has 1 amide bonds. The van der Waals surface area contributed by atoms with E-state index < -0.39 is 5.91 Å². The normalized spacial score (nSPS) is 10.8. The molecule has 0 bridgehead atoms. The number of nitrogens with two attached hydrogens (primary N) is 1. The third-order valence-electron chi connectivity index (χ3n) is 3.34. The molecule has 0 aliphatic heterocycles. The van der Waals surface area contributed by atoms with Crippen LogP contribution in [0.25, 0.3) is 0 Å². The predicted octanol–water partition coefficient (Wildman–Crippen LogP) is 1.78. The van der Waals surface area contributed by atoms with Crippen LogP contribution in [0.3, 0.4) is 0 Å². The van der Waals surface area contributed by atoms with Gasteiger partial charge in [-0.3, -0.25) is 9.69 Å². The van der Waals surface area contributed by atoms with E-state index in [2.05, 4.69) is 4.90 Å². The Morgan fingerprint density at radius 2 is 1.67 bits per heavy atom. The highest BCUT2D eigenvalue weighted by atomic mass is 16.3. The minimum absolute atomic E-state index is 0.0750. The smallest absolute Gasteiger partial charge is 0.249 e. The molecule has 2 aromatic rings. The fourth-order valence-corrected chi connectivity index (χ4v) is 2.34. The fraction of sp³-hybridized carbons (Fsp3) is 0.235. The first-order chi connectivity index (χ1) is 10.2. The molecule has 0 heterocycles. The minimum Gasteiger partial charge on any atom is -0.395 e. The molecule has 0 unspecified atom stereocenters. The lowest BCUT2D eigenvalue weighted by Gasteiger charge is -2.22. The molecule has 0 aromatic heterocycles. The van der Waals surface area contributed by atoms with E-state index in [1.54, 1.807) is 12.1 Å². The number of amides is 1. The molecule has 4 heteroatoms. The van der Waals surface area contributed by atoms with Gasteiger partial charge in [-0.1, -0.05) is 48.5 Å². The van der Waals surface area contributed by atoms with E-state index in [0.29, 0.717) is 25.2 Å². The van der Waals surface area contributed by atoms with Crippen molar-refractivity contribution >= 4 is 5.91 Å². The van der Waals surface area contributed by atoms with Crippen LogP contribution in [-0.4, -0.2) is 29.1 Å². The van der Waals surface area contributed by atoms with Crippen LogP contribution in [0.5, 0.6) is 0 Å². The van der Waals surface area contributed by atoms with E-state index in [9.17, 15) is 9.90 Å². The van der Waals surface area contributed by atoms with Crippen molar-refractivity contribution in [3.8, 4) is 0 Å². The molecule has 0 aliphatic carbocycles. The lowest BCUT2D eigenvalue weighted by Crippen LogP contribution is -2.27. The number of aliphatic hydroxyl groups is 1. The average molecular weight is 284 g/mol. The second kappa shape index (κ2) is 7.57. The molecule has 2 aromatic carbocycles. The first kappa shape index (κ1) is 15.2. The number of aliphatic hydroxyl groups excluding tert-OH is 1. The van der Waals surface area contributed by atoms with Crippen molar-refractivity contribution in [2.24, 2.45) is 5.73 Å². The Balaban J connectivity index is 2.15. The molecule has 0 saturated carbocycles. The minimum atomic E-state index is -0.422. The van der Waals surface area contributed by atoms with Gasteiger partial charge in [0.15, 0.2) is 0 Å². The SMILES string of the molecule is NC(=O)c1ccccc1CN(CCO)Cc1ccccc1. The molecule has 0 aliphatic rings. The van der Waals surface area contributed by atoms with E-state index >= 15 is 0 Å². The average Bonchev–Trinajstić information content (AvgIpc) is 2.49. The highest BCUT2D eigenvalue weighted by molar-refractivity contribution is 5.94. The molecule has 110 valence electrons. The summed E-state index contributed by atoms with van der Waals surface area (Å²) in [7, 11) is 0. The van der Waals surface area contributed by atoms with Crippen LogP contribution in [-0.2, 0) is 13.1 Å². The summed E-state index contributed by atoms with van der Waals surface area (Å²) in [4.78, 5) is 13.6. The second-order valence-electron chi connectivity index (χ2n) is 4.94. The molecule has 0 saturated heterocycles. The Morgan fingerprint density at radius 3 is 2.33 bits per heavy atom. The number of hydrogen-bond donors (Lipinski definition) is 2. The van der Waals surface area contributed by atoms with Crippen LogP contribution < -0.4 is 5.73 Å². The van der Waals surface area contributed by atoms with E-state index in [0.717, 1.165) is 5.56 Å². The van der Waals surface area contributed by atoms with Crippen LogP contribution in [0.1, 0.15) is 21.5 Å². The van der Waals surface area contributed by atoms with Crippen molar-refractivity contribution in [1.82, 2.24) is 4.90 Å². The molecule has 0 spiro atoms. The Labute approximate surface area is 124 Å². The Kier molecular flexibility index (Phi) is 5.49. The standard InChI is InChI=1S/C17H20N2O2/c18-17(21)16-9-5-4-8-15(16)13-19(10-11-20)12-14-6-2-1-3-7-14/h1-9,20H,10-13H2,(H2,18,21). The maximum absolute atomic E-state index is 11.5. The Hall–Kier alpha value is -2.17. The van der Waals surface area contributed by atoms with Crippen LogP contribution in [0, 0.1) is 0 Å². The molecule has 2 rings (SSSR count). The van der Waals surface area contributed by atoms with Crippen molar-refractivity contribution in [2.75, 3.05) is 13.2 Å². The van der Waals surface area contributed by atoms with Gasteiger partial charge in [-0.05, 0) is 17.2 Å². The maximum atomic E-state index is 11.5. The third-order valence-corrected chi connectivity index (χ3v) is 3.34. The van der Waals surface area contributed by atoms with Gasteiger partial charge in [-0.2, -0.15) is 0 Å². The molecule has 4 nitrogen and oxygen atoms in total. The van der Waals surface area contributed by atoms with Gasteiger partial charge in [0, 0.05) is 25.2 Å². The quantitative estimate of drug-likeness (QED) is 0.814. The highest BCUT2D eigenvalue weighted by Crippen LogP contribution is 2.13. The predicted molar refractivity (Wildman–Crippen MR) is 82.6 cm³/mol. The summed E-state index contributed by atoms with van der Waals surface area (Å²) in [6, 6.07) is 17.4. The first-order valence-electron chi connectivity index (χ1n) is 6.95. The molecule has 21 heavy (non-hydrogen) atoms. The van der Waals surface area contributed by atoms with Gasteiger partial charge in [0.2, 0.25) is 5.91 Å². The molecule has 0 fully saturated rings. The van der Waals surface area contributed by atoms with E-state index in [-0.39, 0.29) is 6.61 Å². The van der Waals surface area contributed by atoms with Crippen LogP contribution >= 0.6 is 0 Å². The summed E-state index contributed by atoms with van der Waals surface area (Å²) < 4.78 is 0. The number of benzene rings is 2. The second-order valence-corrected chi connectivity index (χ2v) is 4.94. The van der Waals surface area contributed by atoms with Crippen molar-refractivity contribution in [2.45, 2.75) is 13.1 Å². The molecule has 0 radical (unpaired) electrons. The lowest BCUT2D eigenvalue weighted by atomic mass is 10.1. The Bertz CT molecular complexity index is 584.